The number of amides is 1. The van der Waals surface area contributed by atoms with Crippen molar-refractivity contribution in [2.45, 2.75) is 25.1 Å². The number of aromatic nitrogens is 1. The van der Waals surface area contributed by atoms with Gasteiger partial charge in [-0.3, -0.25) is 4.79 Å². The molecule has 30 heavy (non-hydrogen) atoms. The summed E-state index contributed by atoms with van der Waals surface area (Å²) < 4.78 is 44.1. The molecular weight excluding hydrogens is 463 g/mol. The fraction of sp³-hybridized carbons (Fsp3) is 0.333. The van der Waals surface area contributed by atoms with Crippen molar-refractivity contribution in [2.24, 2.45) is 0 Å². The highest BCUT2D eigenvalue weighted by molar-refractivity contribution is 9.10. The lowest BCUT2D eigenvalue weighted by atomic mass is 10.0. The minimum absolute atomic E-state index is 0.00254. The van der Waals surface area contributed by atoms with Gasteiger partial charge in [0.2, 0.25) is 5.91 Å². The number of hydrogen-bond acceptors (Lipinski definition) is 4. The smallest absolute Gasteiger partial charge is 0.417 e. The lowest BCUT2D eigenvalue weighted by Gasteiger charge is -2.33. The van der Waals surface area contributed by atoms with E-state index in [1.807, 2.05) is 23.1 Å². The molecule has 1 aliphatic rings. The molecule has 1 aromatic heterocycles. The second kappa shape index (κ2) is 9.51. The molecule has 1 N–H and O–H groups in total. The molecule has 5 nitrogen and oxygen atoms in total. The first-order chi connectivity index (χ1) is 14.3. The number of rotatable bonds is 5. The van der Waals surface area contributed by atoms with Gasteiger partial charge in [0.25, 0.3) is 0 Å². The number of pyridine rings is 1. The summed E-state index contributed by atoms with van der Waals surface area (Å²) in [6.07, 6.45) is 0.986. The van der Waals surface area contributed by atoms with E-state index in [9.17, 15) is 18.0 Å². The van der Waals surface area contributed by atoms with E-state index >= 15 is 0 Å². The second-order valence-electron chi connectivity index (χ2n) is 6.89. The van der Waals surface area contributed by atoms with E-state index in [-0.39, 0.29) is 11.9 Å². The number of alkyl halides is 3. The lowest BCUT2D eigenvalue weighted by Crippen LogP contribution is -2.44. The third kappa shape index (κ3) is 5.75. The van der Waals surface area contributed by atoms with Crippen molar-refractivity contribution in [3.05, 3.63) is 58.2 Å². The van der Waals surface area contributed by atoms with E-state index in [0.29, 0.717) is 37.5 Å². The molecule has 9 heteroatoms. The van der Waals surface area contributed by atoms with Crippen molar-refractivity contribution in [3.63, 3.8) is 0 Å². The van der Waals surface area contributed by atoms with Crippen molar-refractivity contribution >= 4 is 33.7 Å². The van der Waals surface area contributed by atoms with Gasteiger partial charge >= 0.3 is 6.18 Å². The first-order valence-electron chi connectivity index (χ1n) is 9.36. The number of ether oxygens (including phenoxy) is 1. The molecule has 1 saturated heterocycles. The number of carbonyl (C=O) groups excluding carboxylic acids is 1. The Bertz CT molecular complexity index is 909. The number of nitrogens with zero attached hydrogens (tertiary/aromatic N) is 2. The zero-order valence-electron chi connectivity index (χ0n) is 16.2. The van der Waals surface area contributed by atoms with E-state index in [2.05, 4.69) is 26.2 Å². The summed E-state index contributed by atoms with van der Waals surface area (Å²) in [5.74, 6) is 0.970. The van der Waals surface area contributed by atoms with Crippen molar-refractivity contribution in [1.29, 1.82) is 0 Å². The summed E-state index contributed by atoms with van der Waals surface area (Å²) in [5, 5.41) is 2.97. The molecular formula is C21H21BrF3N3O2. The molecule has 0 saturated carbocycles. The third-order valence-electron chi connectivity index (χ3n) is 4.85. The summed E-state index contributed by atoms with van der Waals surface area (Å²) in [5.41, 5.74) is 0.0208. The van der Waals surface area contributed by atoms with Gasteiger partial charge in [-0.05, 0) is 49.2 Å². The summed E-state index contributed by atoms with van der Waals surface area (Å²) >= 11 is 3.40. The summed E-state index contributed by atoms with van der Waals surface area (Å²) in [6, 6.07) is 7.95. The molecule has 0 atom stereocenters. The molecule has 1 aromatic carbocycles. The van der Waals surface area contributed by atoms with Crippen LogP contribution in [0.4, 0.5) is 19.0 Å². The van der Waals surface area contributed by atoms with Gasteiger partial charge in [-0.1, -0.05) is 15.9 Å². The number of piperidine rings is 1. The van der Waals surface area contributed by atoms with Gasteiger partial charge < -0.3 is 15.0 Å². The summed E-state index contributed by atoms with van der Waals surface area (Å²) in [4.78, 5) is 18.1. The van der Waals surface area contributed by atoms with Gasteiger partial charge in [0.05, 0.1) is 12.7 Å². The molecule has 2 heterocycles. The first-order valence-corrected chi connectivity index (χ1v) is 10.2. The van der Waals surface area contributed by atoms with Gasteiger partial charge in [-0.2, -0.15) is 13.2 Å². The minimum Gasteiger partial charge on any atom is -0.496 e. The molecule has 3 rings (SSSR count). The molecule has 2 aromatic rings. The number of halogens is 4. The number of methoxy groups -OCH3 is 1. The third-order valence-corrected chi connectivity index (χ3v) is 5.34. The van der Waals surface area contributed by atoms with Crippen LogP contribution in [0.15, 0.2) is 47.1 Å². The SMILES string of the molecule is COc1ccc(Br)cc1/C=C/C(=O)NC1CCN(c2ccc(C(F)(F)F)cn2)CC1. The van der Waals surface area contributed by atoms with E-state index < -0.39 is 11.7 Å². The highest BCUT2D eigenvalue weighted by Gasteiger charge is 2.31. The molecule has 160 valence electrons. The van der Waals surface area contributed by atoms with Crippen LogP contribution in [-0.4, -0.2) is 37.1 Å². The molecule has 0 radical (unpaired) electrons. The van der Waals surface area contributed by atoms with Gasteiger partial charge in [0.1, 0.15) is 11.6 Å². The molecule has 0 unspecified atom stereocenters. The van der Waals surface area contributed by atoms with Crippen molar-refractivity contribution in [3.8, 4) is 5.75 Å². The van der Waals surface area contributed by atoms with E-state index in [0.717, 1.165) is 22.3 Å². The number of carbonyl (C=O) groups is 1. The number of benzene rings is 1. The summed E-state index contributed by atoms with van der Waals surface area (Å²) in [7, 11) is 1.57. The molecule has 0 bridgehead atoms. The topological polar surface area (TPSA) is 54.5 Å². The van der Waals surface area contributed by atoms with E-state index in [1.54, 1.807) is 13.2 Å². The van der Waals surface area contributed by atoms with Crippen LogP contribution in [-0.2, 0) is 11.0 Å². The van der Waals surface area contributed by atoms with Crippen LogP contribution in [0.2, 0.25) is 0 Å². The predicted octanol–water partition coefficient (Wildman–Crippen LogP) is 4.67. The van der Waals surface area contributed by atoms with Crippen LogP contribution < -0.4 is 15.0 Å². The minimum atomic E-state index is -4.39. The maximum absolute atomic E-state index is 12.7. The molecule has 1 fully saturated rings. The molecule has 1 aliphatic heterocycles. The maximum Gasteiger partial charge on any atom is 0.417 e. The Balaban J connectivity index is 1.52. The Morgan fingerprint density at radius 1 is 1.27 bits per heavy atom. The molecule has 0 spiro atoms. The average molecular weight is 484 g/mol. The van der Waals surface area contributed by atoms with E-state index in [1.165, 1.54) is 12.1 Å². The summed E-state index contributed by atoms with van der Waals surface area (Å²) in [6.45, 7) is 1.21. The highest BCUT2D eigenvalue weighted by atomic mass is 79.9. The Morgan fingerprint density at radius 3 is 2.60 bits per heavy atom. The Hall–Kier alpha value is -2.55. The van der Waals surface area contributed by atoms with Crippen LogP contribution in [0, 0.1) is 0 Å². The van der Waals surface area contributed by atoms with Crippen LogP contribution in [0.1, 0.15) is 24.0 Å². The van der Waals surface area contributed by atoms with Gasteiger partial charge in [-0.25, -0.2) is 4.98 Å². The zero-order chi connectivity index (χ0) is 21.7. The predicted molar refractivity (Wildman–Crippen MR) is 112 cm³/mol. The highest BCUT2D eigenvalue weighted by Crippen LogP contribution is 2.30. The zero-order valence-corrected chi connectivity index (χ0v) is 17.8. The second-order valence-corrected chi connectivity index (χ2v) is 7.81. The fourth-order valence-electron chi connectivity index (χ4n) is 3.24. The van der Waals surface area contributed by atoms with Crippen LogP contribution >= 0.6 is 15.9 Å². The quantitative estimate of drug-likeness (QED) is 0.627. The Labute approximate surface area is 181 Å². The molecule has 1 amide bonds. The first kappa shape index (κ1) is 22.1. The maximum atomic E-state index is 12.7. The van der Waals surface area contributed by atoms with E-state index in [4.69, 9.17) is 4.74 Å². The van der Waals surface area contributed by atoms with Gasteiger partial charge in [0.15, 0.2) is 0 Å². The number of nitrogens with one attached hydrogen (secondary N) is 1. The monoisotopic (exact) mass is 483 g/mol. The standard InChI is InChI=1S/C21H21BrF3N3O2/c1-30-18-5-4-16(22)12-14(18)2-7-20(29)27-17-8-10-28(11-9-17)19-6-3-15(13-26-19)21(23,24)25/h2-7,12-13,17H,8-11H2,1H3,(H,27,29)/b7-2+. The average Bonchev–Trinajstić information content (AvgIpc) is 2.72. The van der Waals surface area contributed by atoms with Crippen molar-refractivity contribution in [1.82, 2.24) is 10.3 Å². The normalized spacial score (nSPS) is 15.4. The Kier molecular flexibility index (Phi) is 7.02. The molecule has 0 aliphatic carbocycles. The number of anilines is 1. The van der Waals surface area contributed by atoms with Crippen molar-refractivity contribution in [2.75, 3.05) is 25.1 Å². The van der Waals surface area contributed by atoms with Crippen LogP contribution in [0.5, 0.6) is 5.75 Å². The fourth-order valence-corrected chi connectivity index (χ4v) is 3.62. The van der Waals surface area contributed by atoms with Crippen LogP contribution in [0.25, 0.3) is 6.08 Å². The number of hydrogen-bond donors (Lipinski definition) is 1. The largest absolute Gasteiger partial charge is 0.496 e. The van der Waals surface area contributed by atoms with Crippen LogP contribution in [0.3, 0.4) is 0 Å². The van der Waals surface area contributed by atoms with Gasteiger partial charge in [0, 0.05) is 41.4 Å². The van der Waals surface area contributed by atoms with Crippen molar-refractivity contribution < 1.29 is 22.7 Å². The Morgan fingerprint density at radius 2 is 2.00 bits per heavy atom. The van der Waals surface area contributed by atoms with Gasteiger partial charge in [-0.15, -0.1) is 0 Å². The lowest BCUT2D eigenvalue weighted by molar-refractivity contribution is -0.137.